The van der Waals surface area contributed by atoms with E-state index in [0.29, 0.717) is 17.5 Å². The first-order valence-electron chi connectivity index (χ1n) is 10.9. The number of hydrogen-bond donors (Lipinski definition) is 1. The van der Waals surface area contributed by atoms with E-state index in [2.05, 4.69) is 22.3 Å². The van der Waals surface area contributed by atoms with E-state index in [1.807, 2.05) is 12.1 Å². The van der Waals surface area contributed by atoms with Gasteiger partial charge in [0.15, 0.2) is 9.84 Å². The zero-order valence-electron chi connectivity index (χ0n) is 18.2. The van der Waals surface area contributed by atoms with Crippen LogP contribution in [-0.4, -0.2) is 50.7 Å². The Morgan fingerprint density at radius 3 is 2.16 bits per heavy atom. The van der Waals surface area contributed by atoms with Crippen LogP contribution in [0.25, 0.3) is 0 Å². The van der Waals surface area contributed by atoms with Crippen molar-refractivity contribution in [2.45, 2.75) is 49.1 Å². The summed E-state index contributed by atoms with van der Waals surface area (Å²) in [6.07, 6.45) is 6.71. The highest BCUT2D eigenvalue weighted by Crippen LogP contribution is 2.31. The molecule has 1 amide bonds. The number of likely N-dealkylation sites (tertiary alicyclic amines) is 1. The molecule has 0 aromatic heterocycles. The standard InChI is InChI=1S/C24H29ClN2O3S.ClH/c1-31(29,30)21-8-4-19(5-9-21)24(28)26-22-10-11-23(22)27-14-12-18(13-15-27)16-17-2-6-20(25)7-3-17;/h2-9,18,22-23H,10-16H2,1H3,(H,26,28);1H. The third kappa shape index (κ3) is 6.04. The molecule has 1 N–H and O–H groups in total. The molecule has 2 aliphatic rings. The van der Waals surface area contributed by atoms with Gasteiger partial charge in [-0.1, -0.05) is 23.7 Å². The molecular weight excluding hydrogens is 467 g/mol. The zero-order chi connectivity index (χ0) is 22.0. The van der Waals surface area contributed by atoms with Crippen molar-refractivity contribution in [3.8, 4) is 0 Å². The normalized spacial score (nSPS) is 21.9. The summed E-state index contributed by atoms with van der Waals surface area (Å²) in [6.45, 7) is 2.14. The van der Waals surface area contributed by atoms with E-state index in [1.54, 1.807) is 12.1 Å². The van der Waals surface area contributed by atoms with Crippen LogP contribution in [0.5, 0.6) is 0 Å². The van der Waals surface area contributed by atoms with Crippen molar-refractivity contribution in [3.63, 3.8) is 0 Å². The zero-order valence-corrected chi connectivity index (χ0v) is 20.6. The fraction of sp³-hybridized carbons (Fsp3) is 0.458. The van der Waals surface area contributed by atoms with Gasteiger partial charge in [0.05, 0.1) is 4.90 Å². The molecule has 4 rings (SSSR count). The molecule has 8 heteroatoms. The maximum Gasteiger partial charge on any atom is 0.251 e. The maximum absolute atomic E-state index is 12.6. The fourth-order valence-corrected chi connectivity index (χ4v) is 5.39. The summed E-state index contributed by atoms with van der Waals surface area (Å²) in [5.74, 6) is 0.561. The van der Waals surface area contributed by atoms with Crippen molar-refractivity contribution in [2.75, 3.05) is 19.3 Å². The van der Waals surface area contributed by atoms with Gasteiger partial charge in [0.25, 0.3) is 5.91 Å². The van der Waals surface area contributed by atoms with Gasteiger partial charge in [0, 0.05) is 28.9 Å². The molecule has 1 saturated heterocycles. The lowest BCUT2D eigenvalue weighted by molar-refractivity contribution is 0.0490. The van der Waals surface area contributed by atoms with Crippen LogP contribution in [0, 0.1) is 5.92 Å². The molecule has 2 unspecified atom stereocenters. The van der Waals surface area contributed by atoms with Gasteiger partial charge in [-0.2, -0.15) is 0 Å². The Bertz CT molecular complexity index is 1020. The summed E-state index contributed by atoms with van der Waals surface area (Å²) in [4.78, 5) is 15.4. The van der Waals surface area contributed by atoms with Gasteiger partial charge < -0.3 is 5.32 Å². The second-order valence-electron chi connectivity index (χ2n) is 8.83. The predicted octanol–water partition coefficient (Wildman–Crippen LogP) is 4.38. The Labute approximate surface area is 201 Å². The van der Waals surface area contributed by atoms with Crippen molar-refractivity contribution >= 4 is 39.8 Å². The lowest BCUT2D eigenvalue weighted by Gasteiger charge is -2.47. The van der Waals surface area contributed by atoms with Crippen LogP contribution in [0.4, 0.5) is 0 Å². The molecule has 2 aromatic carbocycles. The van der Waals surface area contributed by atoms with Crippen molar-refractivity contribution < 1.29 is 13.2 Å². The summed E-state index contributed by atoms with van der Waals surface area (Å²) < 4.78 is 23.2. The molecule has 0 radical (unpaired) electrons. The van der Waals surface area contributed by atoms with Crippen molar-refractivity contribution in [1.82, 2.24) is 10.2 Å². The largest absolute Gasteiger partial charge is 0.348 e. The number of benzene rings is 2. The number of carbonyl (C=O) groups excluding carboxylic acids is 1. The monoisotopic (exact) mass is 496 g/mol. The number of nitrogens with one attached hydrogen (secondary N) is 1. The van der Waals surface area contributed by atoms with Crippen LogP contribution in [0.15, 0.2) is 53.4 Å². The van der Waals surface area contributed by atoms with Crippen LogP contribution in [0.2, 0.25) is 5.02 Å². The number of amides is 1. The van der Waals surface area contributed by atoms with Crippen molar-refractivity contribution in [3.05, 3.63) is 64.7 Å². The van der Waals surface area contributed by atoms with E-state index in [0.717, 1.165) is 37.4 Å². The Kier molecular flexibility index (Phi) is 8.26. The Hall–Kier alpha value is -1.60. The molecule has 5 nitrogen and oxygen atoms in total. The van der Waals surface area contributed by atoms with E-state index in [9.17, 15) is 13.2 Å². The van der Waals surface area contributed by atoms with Gasteiger partial charge >= 0.3 is 0 Å². The first-order chi connectivity index (χ1) is 14.8. The lowest BCUT2D eigenvalue weighted by Crippen LogP contribution is -2.59. The van der Waals surface area contributed by atoms with Crippen molar-refractivity contribution in [2.24, 2.45) is 5.92 Å². The Morgan fingerprint density at radius 2 is 1.62 bits per heavy atom. The third-order valence-electron chi connectivity index (χ3n) is 6.65. The molecule has 1 aliphatic heterocycles. The Morgan fingerprint density at radius 1 is 1.00 bits per heavy atom. The lowest BCUT2D eigenvalue weighted by atomic mass is 9.82. The minimum Gasteiger partial charge on any atom is -0.348 e. The molecule has 2 atom stereocenters. The van der Waals surface area contributed by atoms with E-state index < -0.39 is 9.84 Å². The van der Waals surface area contributed by atoms with E-state index in [-0.39, 0.29) is 29.3 Å². The molecule has 32 heavy (non-hydrogen) atoms. The molecule has 1 saturated carbocycles. The maximum atomic E-state index is 12.6. The number of nitrogens with zero attached hydrogens (tertiary/aromatic N) is 1. The predicted molar refractivity (Wildman–Crippen MR) is 131 cm³/mol. The number of hydrogen-bond acceptors (Lipinski definition) is 4. The smallest absolute Gasteiger partial charge is 0.251 e. The highest BCUT2D eigenvalue weighted by Gasteiger charge is 2.38. The quantitative estimate of drug-likeness (QED) is 0.644. The summed E-state index contributed by atoms with van der Waals surface area (Å²) in [5.41, 5.74) is 1.85. The highest BCUT2D eigenvalue weighted by molar-refractivity contribution is 7.90. The molecule has 0 bridgehead atoms. The number of rotatable bonds is 6. The molecule has 2 fully saturated rings. The molecule has 1 aliphatic carbocycles. The number of piperidine rings is 1. The van der Waals surface area contributed by atoms with Gasteiger partial charge in [0.2, 0.25) is 0 Å². The van der Waals surface area contributed by atoms with E-state index in [4.69, 9.17) is 11.6 Å². The van der Waals surface area contributed by atoms with Crippen LogP contribution in [0.1, 0.15) is 41.6 Å². The van der Waals surface area contributed by atoms with E-state index in [1.165, 1.54) is 36.8 Å². The summed E-state index contributed by atoms with van der Waals surface area (Å²) in [5, 5.41) is 3.93. The molecule has 0 spiro atoms. The minimum atomic E-state index is -3.26. The topological polar surface area (TPSA) is 66.5 Å². The summed E-state index contributed by atoms with van der Waals surface area (Å²) in [7, 11) is -3.26. The summed E-state index contributed by atoms with van der Waals surface area (Å²) >= 11 is 5.98. The third-order valence-corrected chi connectivity index (χ3v) is 8.04. The van der Waals surface area contributed by atoms with Crippen molar-refractivity contribution in [1.29, 1.82) is 0 Å². The van der Waals surface area contributed by atoms with Gasteiger partial charge in [-0.25, -0.2) is 8.42 Å². The first-order valence-corrected chi connectivity index (χ1v) is 13.2. The second-order valence-corrected chi connectivity index (χ2v) is 11.3. The first kappa shape index (κ1) is 25.0. The molecular formula is C24H30Cl2N2O3S. The molecule has 1 heterocycles. The molecule has 2 aromatic rings. The van der Waals surface area contributed by atoms with Gasteiger partial charge in [-0.15, -0.1) is 12.4 Å². The minimum absolute atomic E-state index is 0. The van der Waals surface area contributed by atoms with Gasteiger partial charge in [-0.05, 0) is 93.1 Å². The van der Waals surface area contributed by atoms with Gasteiger partial charge in [-0.3, -0.25) is 9.69 Å². The second kappa shape index (κ2) is 10.6. The van der Waals surface area contributed by atoms with Crippen LogP contribution in [-0.2, 0) is 16.3 Å². The SMILES string of the molecule is CS(=O)(=O)c1ccc(C(=O)NC2CCC2N2CCC(Cc3ccc(Cl)cc3)CC2)cc1.Cl. The number of sulfone groups is 1. The Balaban J connectivity index is 0.00000289. The van der Waals surface area contributed by atoms with Crippen LogP contribution < -0.4 is 5.32 Å². The average molecular weight is 497 g/mol. The highest BCUT2D eigenvalue weighted by atomic mass is 35.5. The van der Waals surface area contributed by atoms with Crippen LogP contribution >= 0.6 is 24.0 Å². The molecule has 174 valence electrons. The van der Waals surface area contributed by atoms with E-state index >= 15 is 0 Å². The average Bonchev–Trinajstić information content (AvgIpc) is 2.73. The number of carbonyl (C=O) groups is 1. The summed E-state index contributed by atoms with van der Waals surface area (Å²) in [6, 6.07) is 14.9. The number of halogens is 2. The van der Waals surface area contributed by atoms with Crippen LogP contribution in [0.3, 0.4) is 0 Å². The fourth-order valence-electron chi connectivity index (χ4n) is 4.64. The van der Waals surface area contributed by atoms with Gasteiger partial charge in [0.1, 0.15) is 0 Å².